The first kappa shape index (κ1) is 14.6. The lowest BCUT2D eigenvalue weighted by Crippen LogP contribution is -2.13. The molecule has 1 unspecified atom stereocenters. The molecule has 0 aliphatic carbocycles. The van der Waals surface area contributed by atoms with Gasteiger partial charge in [-0.25, -0.2) is 0 Å². The van der Waals surface area contributed by atoms with E-state index < -0.39 is 0 Å². The maximum Gasteiger partial charge on any atom is 0.170 e. The van der Waals surface area contributed by atoms with E-state index >= 15 is 0 Å². The van der Waals surface area contributed by atoms with Crippen LogP contribution >= 0.6 is 0 Å². The largest absolute Gasteiger partial charge is 0.299 e. The molecule has 2 heteroatoms. The standard InChI is InChI=1S/C16H22O2/c1-5-12(4)13-6-8-14(9-7-13)16(18)10-15(17)11(2)3/h6-9,11-12H,5,10H2,1-4H3. The van der Waals surface area contributed by atoms with Crippen molar-refractivity contribution in [1.29, 1.82) is 0 Å². The molecular weight excluding hydrogens is 224 g/mol. The summed E-state index contributed by atoms with van der Waals surface area (Å²) < 4.78 is 0. The van der Waals surface area contributed by atoms with Gasteiger partial charge in [-0.05, 0) is 17.9 Å². The van der Waals surface area contributed by atoms with Crippen LogP contribution in [0.4, 0.5) is 0 Å². The third-order valence-electron chi connectivity index (χ3n) is 3.39. The summed E-state index contributed by atoms with van der Waals surface area (Å²) in [5.74, 6) is 0.357. The number of carbonyl (C=O) groups excluding carboxylic acids is 2. The first-order valence-electron chi connectivity index (χ1n) is 6.61. The highest BCUT2D eigenvalue weighted by atomic mass is 16.1. The molecule has 0 N–H and O–H groups in total. The minimum atomic E-state index is -0.0793. The summed E-state index contributed by atoms with van der Waals surface area (Å²) >= 11 is 0. The van der Waals surface area contributed by atoms with E-state index in [1.807, 2.05) is 38.1 Å². The van der Waals surface area contributed by atoms with Crippen LogP contribution in [0.2, 0.25) is 0 Å². The van der Waals surface area contributed by atoms with Gasteiger partial charge in [-0.3, -0.25) is 9.59 Å². The molecule has 0 spiro atoms. The van der Waals surface area contributed by atoms with Crippen LogP contribution in [0.3, 0.4) is 0 Å². The zero-order valence-electron chi connectivity index (χ0n) is 11.7. The predicted molar refractivity (Wildman–Crippen MR) is 73.9 cm³/mol. The van der Waals surface area contributed by atoms with Crippen molar-refractivity contribution in [3.05, 3.63) is 35.4 Å². The van der Waals surface area contributed by atoms with Crippen LogP contribution in [0, 0.1) is 5.92 Å². The molecule has 0 saturated heterocycles. The Labute approximate surface area is 109 Å². The second-order valence-corrected chi connectivity index (χ2v) is 5.15. The van der Waals surface area contributed by atoms with Gasteiger partial charge in [0.25, 0.3) is 0 Å². The van der Waals surface area contributed by atoms with Crippen LogP contribution in [-0.4, -0.2) is 11.6 Å². The second kappa shape index (κ2) is 6.48. The summed E-state index contributed by atoms with van der Waals surface area (Å²) in [7, 11) is 0. The van der Waals surface area contributed by atoms with E-state index in [2.05, 4.69) is 13.8 Å². The van der Waals surface area contributed by atoms with E-state index in [1.54, 1.807) is 0 Å². The van der Waals surface area contributed by atoms with Crippen LogP contribution < -0.4 is 0 Å². The van der Waals surface area contributed by atoms with Gasteiger partial charge in [0.15, 0.2) is 5.78 Å². The summed E-state index contributed by atoms with van der Waals surface area (Å²) in [6.45, 7) is 7.95. The molecule has 1 rings (SSSR count). The lowest BCUT2D eigenvalue weighted by atomic mass is 9.95. The molecule has 0 bridgehead atoms. The molecule has 2 nitrogen and oxygen atoms in total. The fraction of sp³-hybridized carbons (Fsp3) is 0.500. The smallest absolute Gasteiger partial charge is 0.170 e. The Kier molecular flexibility index (Phi) is 5.26. The summed E-state index contributed by atoms with van der Waals surface area (Å²) in [4.78, 5) is 23.4. The number of hydrogen-bond donors (Lipinski definition) is 0. The summed E-state index contributed by atoms with van der Waals surface area (Å²) in [5, 5.41) is 0. The number of benzene rings is 1. The molecule has 18 heavy (non-hydrogen) atoms. The minimum absolute atomic E-state index is 0.00556. The fourth-order valence-electron chi connectivity index (χ4n) is 1.70. The number of Topliss-reactive ketones (excluding diaryl/α,β-unsaturated/α-hetero) is 2. The fourth-order valence-corrected chi connectivity index (χ4v) is 1.70. The molecule has 1 aromatic carbocycles. The lowest BCUT2D eigenvalue weighted by Gasteiger charge is -2.09. The van der Waals surface area contributed by atoms with Gasteiger partial charge in [-0.15, -0.1) is 0 Å². The van der Waals surface area contributed by atoms with Crippen molar-refractivity contribution in [1.82, 2.24) is 0 Å². The highest BCUT2D eigenvalue weighted by Gasteiger charge is 2.14. The van der Waals surface area contributed by atoms with Crippen LogP contribution in [0.15, 0.2) is 24.3 Å². The Morgan fingerprint density at radius 1 is 1.06 bits per heavy atom. The second-order valence-electron chi connectivity index (χ2n) is 5.15. The van der Waals surface area contributed by atoms with Crippen LogP contribution in [-0.2, 0) is 4.79 Å². The van der Waals surface area contributed by atoms with Gasteiger partial charge >= 0.3 is 0 Å². The van der Waals surface area contributed by atoms with Crippen LogP contribution in [0.1, 0.15) is 62.4 Å². The number of rotatable bonds is 6. The molecule has 0 amide bonds. The molecule has 0 fully saturated rings. The van der Waals surface area contributed by atoms with Gasteiger partial charge in [0, 0.05) is 11.5 Å². The molecule has 0 heterocycles. The van der Waals surface area contributed by atoms with Crippen molar-refractivity contribution >= 4 is 11.6 Å². The maximum atomic E-state index is 11.9. The Morgan fingerprint density at radius 2 is 1.61 bits per heavy atom. The van der Waals surface area contributed by atoms with E-state index in [0.29, 0.717) is 11.5 Å². The number of carbonyl (C=O) groups is 2. The van der Waals surface area contributed by atoms with E-state index in [4.69, 9.17) is 0 Å². The summed E-state index contributed by atoms with van der Waals surface area (Å²) in [5.41, 5.74) is 1.88. The Morgan fingerprint density at radius 3 is 2.06 bits per heavy atom. The maximum absolute atomic E-state index is 11.9. The van der Waals surface area contributed by atoms with Crippen LogP contribution in [0.5, 0.6) is 0 Å². The van der Waals surface area contributed by atoms with Gasteiger partial charge < -0.3 is 0 Å². The molecule has 0 aliphatic rings. The molecule has 0 saturated carbocycles. The summed E-state index contributed by atoms with van der Waals surface area (Å²) in [6.07, 6.45) is 1.10. The van der Waals surface area contributed by atoms with Gasteiger partial charge in [0.05, 0.1) is 6.42 Å². The first-order chi connectivity index (χ1) is 8.45. The SMILES string of the molecule is CCC(C)c1ccc(C(=O)CC(=O)C(C)C)cc1. The quantitative estimate of drug-likeness (QED) is 0.561. The highest BCUT2D eigenvalue weighted by Crippen LogP contribution is 2.19. The Balaban J connectivity index is 2.73. The topological polar surface area (TPSA) is 34.1 Å². The van der Waals surface area contributed by atoms with Crippen molar-refractivity contribution in [3.63, 3.8) is 0 Å². The monoisotopic (exact) mass is 246 g/mol. The molecule has 1 atom stereocenters. The van der Waals surface area contributed by atoms with Crippen molar-refractivity contribution in [2.45, 2.75) is 46.5 Å². The third-order valence-corrected chi connectivity index (χ3v) is 3.39. The lowest BCUT2D eigenvalue weighted by molar-refractivity contribution is -0.121. The molecular formula is C16H22O2. The Bertz CT molecular complexity index is 415. The van der Waals surface area contributed by atoms with Crippen molar-refractivity contribution < 1.29 is 9.59 Å². The highest BCUT2D eigenvalue weighted by molar-refractivity contribution is 6.08. The van der Waals surface area contributed by atoms with Gasteiger partial charge in [0.2, 0.25) is 0 Å². The van der Waals surface area contributed by atoms with E-state index in [1.165, 1.54) is 5.56 Å². The molecule has 0 radical (unpaired) electrons. The molecule has 1 aromatic rings. The zero-order chi connectivity index (χ0) is 13.7. The van der Waals surface area contributed by atoms with Crippen LogP contribution in [0.25, 0.3) is 0 Å². The third kappa shape index (κ3) is 3.80. The first-order valence-corrected chi connectivity index (χ1v) is 6.61. The Hall–Kier alpha value is -1.44. The average Bonchev–Trinajstić information content (AvgIpc) is 2.37. The number of hydrogen-bond acceptors (Lipinski definition) is 2. The van der Waals surface area contributed by atoms with Crippen molar-refractivity contribution in [2.24, 2.45) is 5.92 Å². The van der Waals surface area contributed by atoms with E-state index in [-0.39, 0.29) is 23.9 Å². The van der Waals surface area contributed by atoms with Gasteiger partial charge in [-0.1, -0.05) is 52.0 Å². The van der Waals surface area contributed by atoms with E-state index in [0.717, 1.165) is 6.42 Å². The van der Waals surface area contributed by atoms with Crippen molar-refractivity contribution in [2.75, 3.05) is 0 Å². The average molecular weight is 246 g/mol. The minimum Gasteiger partial charge on any atom is -0.299 e. The summed E-state index contributed by atoms with van der Waals surface area (Å²) in [6, 6.07) is 7.64. The normalized spacial score (nSPS) is 12.5. The van der Waals surface area contributed by atoms with Gasteiger partial charge in [-0.2, -0.15) is 0 Å². The molecule has 0 aliphatic heterocycles. The predicted octanol–water partition coefficient (Wildman–Crippen LogP) is 4.00. The molecule has 0 aromatic heterocycles. The molecule has 98 valence electrons. The van der Waals surface area contributed by atoms with Crippen molar-refractivity contribution in [3.8, 4) is 0 Å². The zero-order valence-corrected chi connectivity index (χ0v) is 11.7. The number of ketones is 2. The van der Waals surface area contributed by atoms with Gasteiger partial charge in [0.1, 0.15) is 5.78 Å². The van der Waals surface area contributed by atoms with E-state index in [9.17, 15) is 9.59 Å².